The second kappa shape index (κ2) is 20.2. The number of aryl methyl sites for hydroxylation is 2. The van der Waals surface area contributed by atoms with Crippen LogP contribution in [-0.4, -0.2) is 78.5 Å². The van der Waals surface area contributed by atoms with Crippen molar-refractivity contribution in [2.24, 2.45) is 5.73 Å². The van der Waals surface area contributed by atoms with Crippen molar-refractivity contribution >= 4 is 34.6 Å². The summed E-state index contributed by atoms with van der Waals surface area (Å²) in [5.74, 6) is -1.76. The molecule has 2 aromatic heterocycles. The number of hydrogen-bond acceptors (Lipinski definition) is 9. The van der Waals surface area contributed by atoms with Crippen molar-refractivity contribution in [2.45, 2.75) is 97.0 Å². The highest BCUT2D eigenvalue weighted by atomic mass is 16.4. The molecule has 0 saturated heterocycles. The molecule has 0 saturated carbocycles. The predicted molar refractivity (Wildman–Crippen MR) is 203 cm³/mol. The minimum absolute atomic E-state index is 0.113. The molecule has 286 valence electrons. The molecule has 15 nitrogen and oxygen atoms in total. The summed E-state index contributed by atoms with van der Waals surface area (Å²) < 4.78 is 4.60. The molecule has 0 spiro atoms. The van der Waals surface area contributed by atoms with E-state index in [4.69, 9.17) is 10.7 Å². The zero-order valence-corrected chi connectivity index (χ0v) is 30.6. The number of nitrogens with one attached hydrogen (secondary N) is 3. The standard InChI is InChI=1S/C38H52N8O7/c1-3-20-46-37(52)34-35(43-31(23-26-12-6-5-7-13-26)44(34)22-19-40-25-28(47)4-2)45(38(46)53)21-17-27-14-8-9-15-29(27)42-36(51)30(24-33(49)50)41-32(48)16-10-11-18-39/h5-9,12-15,28,30,40,47H,3-4,10-11,16-25,39H2,1-2H3,(H,41,48)(H,42,51)(H,49,50). The lowest BCUT2D eigenvalue weighted by atomic mass is 10.1. The number of carbonyl (C=O) groups excluding carboxylic acids is 2. The van der Waals surface area contributed by atoms with Gasteiger partial charge in [0.15, 0.2) is 11.2 Å². The maximum absolute atomic E-state index is 14.0. The van der Waals surface area contributed by atoms with Crippen LogP contribution in [0.3, 0.4) is 0 Å². The van der Waals surface area contributed by atoms with E-state index in [0.29, 0.717) is 80.9 Å². The fourth-order valence-electron chi connectivity index (χ4n) is 6.11. The van der Waals surface area contributed by atoms with Crippen molar-refractivity contribution in [2.75, 3.05) is 25.0 Å². The van der Waals surface area contributed by atoms with Crippen LogP contribution in [0, 0.1) is 0 Å². The Balaban J connectivity index is 1.68. The lowest BCUT2D eigenvalue weighted by molar-refractivity contribution is -0.139. The number of aliphatic carboxylic acids is 1. The number of nitrogens with two attached hydrogens (primary N) is 1. The number of imidazole rings is 1. The van der Waals surface area contributed by atoms with Crippen LogP contribution >= 0.6 is 0 Å². The van der Waals surface area contributed by atoms with Gasteiger partial charge < -0.3 is 36.5 Å². The number of unbranched alkanes of at least 4 members (excludes halogenated alkanes) is 1. The van der Waals surface area contributed by atoms with E-state index in [1.54, 1.807) is 24.3 Å². The van der Waals surface area contributed by atoms with Crippen molar-refractivity contribution in [3.8, 4) is 0 Å². The SMILES string of the molecule is CCCn1c(=O)c2c(nc(Cc3ccccc3)n2CCNCC(O)CC)n(CCc2ccccc2NC(=O)C(CC(=O)O)NC(=O)CCCCN)c1=O. The number of amides is 2. The van der Waals surface area contributed by atoms with E-state index in [1.807, 2.05) is 48.7 Å². The van der Waals surface area contributed by atoms with Gasteiger partial charge in [-0.3, -0.25) is 28.3 Å². The molecule has 2 amide bonds. The van der Waals surface area contributed by atoms with Gasteiger partial charge >= 0.3 is 11.7 Å². The molecule has 53 heavy (non-hydrogen) atoms. The molecule has 15 heteroatoms. The molecule has 0 aliphatic heterocycles. The highest BCUT2D eigenvalue weighted by molar-refractivity contribution is 5.99. The Morgan fingerprint density at radius 2 is 1.66 bits per heavy atom. The molecule has 2 heterocycles. The number of rotatable bonds is 22. The summed E-state index contributed by atoms with van der Waals surface area (Å²) in [5.41, 5.74) is 7.18. The molecule has 2 unspecified atom stereocenters. The summed E-state index contributed by atoms with van der Waals surface area (Å²) in [6, 6.07) is 15.4. The van der Waals surface area contributed by atoms with Crippen LogP contribution in [0.5, 0.6) is 0 Å². The number of carbonyl (C=O) groups is 3. The van der Waals surface area contributed by atoms with Gasteiger partial charge in [-0.05, 0) is 55.8 Å². The number of hydrogen-bond donors (Lipinski definition) is 6. The lowest BCUT2D eigenvalue weighted by Gasteiger charge is -2.19. The average molecular weight is 733 g/mol. The van der Waals surface area contributed by atoms with Crippen LogP contribution < -0.4 is 32.9 Å². The maximum atomic E-state index is 14.0. The topological polar surface area (TPSA) is 216 Å². The molecule has 2 atom stereocenters. The van der Waals surface area contributed by atoms with E-state index in [0.717, 1.165) is 5.56 Å². The van der Waals surface area contributed by atoms with E-state index in [2.05, 4.69) is 16.0 Å². The third-order valence-electron chi connectivity index (χ3n) is 8.98. The molecule has 0 fully saturated rings. The van der Waals surface area contributed by atoms with Gasteiger partial charge in [0, 0.05) is 51.3 Å². The third kappa shape index (κ3) is 11.2. The molecule has 4 rings (SSSR count). The minimum atomic E-state index is -1.31. The van der Waals surface area contributed by atoms with Gasteiger partial charge in [0.1, 0.15) is 11.9 Å². The van der Waals surface area contributed by atoms with E-state index < -0.39 is 47.6 Å². The monoisotopic (exact) mass is 732 g/mol. The number of carboxylic acids is 1. The van der Waals surface area contributed by atoms with Crippen molar-refractivity contribution in [3.63, 3.8) is 0 Å². The Morgan fingerprint density at radius 1 is 0.925 bits per heavy atom. The van der Waals surface area contributed by atoms with Crippen LogP contribution in [0.15, 0.2) is 64.2 Å². The first-order valence-corrected chi connectivity index (χ1v) is 18.3. The number of fused-ring (bicyclic) bond motifs is 1. The summed E-state index contributed by atoms with van der Waals surface area (Å²) in [5, 5.41) is 28.1. The Kier molecular flexibility index (Phi) is 15.5. The molecule has 2 aromatic carbocycles. The second-order valence-electron chi connectivity index (χ2n) is 13.0. The van der Waals surface area contributed by atoms with Crippen LogP contribution in [0.2, 0.25) is 0 Å². The van der Waals surface area contributed by atoms with Crippen molar-refractivity contribution in [1.82, 2.24) is 29.3 Å². The fourth-order valence-corrected chi connectivity index (χ4v) is 6.11. The van der Waals surface area contributed by atoms with Crippen LogP contribution in [0.4, 0.5) is 5.69 Å². The Morgan fingerprint density at radius 3 is 2.36 bits per heavy atom. The molecule has 0 bridgehead atoms. The number of para-hydroxylation sites is 1. The molecular weight excluding hydrogens is 680 g/mol. The summed E-state index contributed by atoms with van der Waals surface area (Å²) in [7, 11) is 0. The van der Waals surface area contributed by atoms with Gasteiger partial charge in [-0.25, -0.2) is 9.78 Å². The number of benzene rings is 2. The summed E-state index contributed by atoms with van der Waals surface area (Å²) in [4.78, 5) is 70.3. The molecule has 0 aliphatic carbocycles. The first-order valence-electron chi connectivity index (χ1n) is 18.3. The van der Waals surface area contributed by atoms with Gasteiger partial charge in [-0.15, -0.1) is 0 Å². The normalized spacial score (nSPS) is 12.5. The summed E-state index contributed by atoms with van der Waals surface area (Å²) >= 11 is 0. The van der Waals surface area contributed by atoms with Gasteiger partial charge in [-0.1, -0.05) is 62.4 Å². The summed E-state index contributed by atoms with van der Waals surface area (Å²) in [6.07, 6.45) is 1.98. The van der Waals surface area contributed by atoms with Crippen molar-refractivity contribution < 1.29 is 24.6 Å². The number of aliphatic hydroxyl groups excluding tert-OH is 1. The van der Waals surface area contributed by atoms with Crippen LogP contribution in [0.25, 0.3) is 11.2 Å². The van der Waals surface area contributed by atoms with Crippen molar-refractivity contribution in [3.05, 3.63) is 92.4 Å². The number of carboxylic acid groups (broad SMARTS) is 1. The fraction of sp³-hybridized carbons (Fsp3) is 0.474. The Hall–Kier alpha value is -5.12. The summed E-state index contributed by atoms with van der Waals surface area (Å²) in [6.45, 7) is 5.77. The van der Waals surface area contributed by atoms with E-state index in [9.17, 15) is 34.2 Å². The average Bonchev–Trinajstić information content (AvgIpc) is 3.49. The molecule has 0 radical (unpaired) electrons. The smallest absolute Gasteiger partial charge is 0.332 e. The highest BCUT2D eigenvalue weighted by Gasteiger charge is 2.25. The number of aliphatic hydroxyl groups is 1. The highest BCUT2D eigenvalue weighted by Crippen LogP contribution is 2.20. The van der Waals surface area contributed by atoms with Gasteiger partial charge in [0.2, 0.25) is 11.8 Å². The first-order chi connectivity index (χ1) is 25.6. The zero-order chi connectivity index (χ0) is 38.3. The maximum Gasteiger partial charge on any atom is 0.332 e. The number of aromatic nitrogens is 4. The Labute approximate surface area is 308 Å². The molecular formula is C38H52N8O7. The largest absolute Gasteiger partial charge is 0.481 e. The van der Waals surface area contributed by atoms with Crippen molar-refractivity contribution in [1.29, 1.82) is 0 Å². The number of nitrogens with zero attached hydrogens (tertiary/aromatic N) is 4. The van der Waals surface area contributed by atoms with Gasteiger partial charge in [0.25, 0.3) is 5.56 Å². The molecule has 0 aliphatic rings. The molecule has 7 N–H and O–H groups in total. The lowest BCUT2D eigenvalue weighted by Crippen LogP contribution is -2.45. The Bertz CT molecular complexity index is 1950. The van der Waals surface area contributed by atoms with Crippen LogP contribution in [0.1, 0.15) is 69.3 Å². The van der Waals surface area contributed by atoms with E-state index in [-0.39, 0.29) is 31.6 Å². The van der Waals surface area contributed by atoms with Gasteiger partial charge in [0.05, 0.1) is 12.5 Å². The first kappa shape index (κ1) is 40.6. The second-order valence-corrected chi connectivity index (χ2v) is 13.0. The third-order valence-corrected chi connectivity index (χ3v) is 8.98. The molecule has 4 aromatic rings. The van der Waals surface area contributed by atoms with E-state index >= 15 is 0 Å². The van der Waals surface area contributed by atoms with Gasteiger partial charge in [-0.2, -0.15) is 0 Å². The van der Waals surface area contributed by atoms with Crippen LogP contribution in [-0.2, 0) is 46.9 Å². The predicted octanol–water partition coefficient (Wildman–Crippen LogP) is 1.99. The van der Waals surface area contributed by atoms with E-state index in [1.165, 1.54) is 9.13 Å². The number of anilines is 1. The zero-order valence-electron chi connectivity index (χ0n) is 30.6. The minimum Gasteiger partial charge on any atom is -0.481 e. The quantitative estimate of drug-likeness (QED) is 0.0646.